The lowest BCUT2D eigenvalue weighted by Crippen LogP contribution is -2.50. The average molecular weight is 516 g/mol. The number of halogens is 3. The van der Waals surface area contributed by atoms with Crippen LogP contribution in [0, 0.1) is 0 Å². The van der Waals surface area contributed by atoms with Gasteiger partial charge in [-0.2, -0.15) is 0 Å². The maximum atomic E-state index is 13.0. The molecule has 0 unspecified atom stereocenters. The standard InChI is InChI=1S/C22H25BrCl2N2O3/c1-4-14(2)26-22(29)15(3)27(12-18-19(24)6-5-7-20(18)25)21(28)13-30-17-10-8-16(23)9-11-17/h5-11,14-15H,4,12-13H2,1-3H3,(H,26,29)/t14-,15-/m1/s1. The number of hydrogen-bond acceptors (Lipinski definition) is 3. The Bertz CT molecular complexity index is 857. The van der Waals surface area contributed by atoms with Crippen molar-refractivity contribution in [2.75, 3.05) is 6.61 Å². The Hall–Kier alpha value is -1.76. The molecule has 0 fully saturated rings. The van der Waals surface area contributed by atoms with Crippen LogP contribution in [-0.4, -0.2) is 35.4 Å². The molecule has 2 aromatic carbocycles. The monoisotopic (exact) mass is 514 g/mol. The maximum absolute atomic E-state index is 13.0. The average Bonchev–Trinajstić information content (AvgIpc) is 2.72. The lowest BCUT2D eigenvalue weighted by atomic mass is 10.1. The molecular weight excluding hydrogens is 491 g/mol. The number of nitrogens with zero attached hydrogens (tertiary/aromatic N) is 1. The zero-order valence-electron chi connectivity index (χ0n) is 17.1. The van der Waals surface area contributed by atoms with Gasteiger partial charge in [0, 0.05) is 32.7 Å². The van der Waals surface area contributed by atoms with Gasteiger partial charge in [-0.3, -0.25) is 9.59 Å². The van der Waals surface area contributed by atoms with Crippen molar-refractivity contribution in [1.82, 2.24) is 10.2 Å². The normalized spacial score (nSPS) is 12.7. The quantitative estimate of drug-likeness (QED) is 0.482. The number of amides is 2. The Morgan fingerprint density at radius 3 is 2.27 bits per heavy atom. The van der Waals surface area contributed by atoms with E-state index in [1.165, 1.54) is 4.90 Å². The Labute approximate surface area is 195 Å². The van der Waals surface area contributed by atoms with Crippen molar-refractivity contribution >= 4 is 50.9 Å². The molecule has 0 aliphatic heterocycles. The molecule has 2 atom stereocenters. The van der Waals surface area contributed by atoms with Crippen molar-refractivity contribution in [2.45, 2.75) is 45.8 Å². The van der Waals surface area contributed by atoms with Crippen molar-refractivity contribution < 1.29 is 14.3 Å². The van der Waals surface area contributed by atoms with Gasteiger partial charge < -0.3 is 15.0 Å². The molecule has 2 rings (SSSR count). The first kappa shape index (κ1) is 24.5. The topological polar surface area (TPSA) is 58.6 Å². The zero-order chi connectivity index (χ0) is 22.3. The summed E-state index contributed by atoms with van der Waals surface area (Å²) in [5.41, 5.74) is 0.584. The molecule has 0 heterocycles. The maximum Gasteiger partial charge on any atom is 0.261 e. The van der Waals surface area contributed by atoms with Crippen LogP contribution in [0.1, 0.15) is 32.8 Å². The van der Waals surface area contributed by atoms with Crippen LogP contribution in [0.25, 0.3) is 0 Å². The molecule has 0 aliphatic carbocycles. The molecule has 0 aromatic heterocycles. The second kappa shape index (κ2) is 11.6. The van der Waals surface area contributed by atoms with Crippen LogP contribution in [0.15, 0.2) is 46.9 Å². The predicted molar refractivity (Wildman–Crippen MR) is 124 cm³/mol. The minimum absolute atomic E-state index is 0.000168. The van der Waals surface area contributed by atoms with Gasteiger partial charge in [-0.1, -0.05) is 52.1 Å². The number of carbonyl (C=O) groups is 2. The minimum Gasteiger partial charge on any atom is -0.484 e. The summed E-state index contributed by atoms with van der Waals surface area (Å²) in [6, 6.07) is 11.6. The van der Waals surface area contributed by atoms with Crippen molar-refractivity contribution in [3.05, 3.63) is 62.5 Å². The molecule has 0 spiro atoms. The summed E-state index contributed by atoms with van der Waals surface area (Å²) >= 11 is 16.0. The summed E-state index contributed by atoms with van der Waals surface area (Å²) in [6.45, 7) is 5.45. The predicted octanol–water partition coefficient (Wildman–Crippen LogP) is 5.47. The van der Waals surface area contributed by atoms with E-state index in [-0.39, 0.29) is 31.0 Å². The van der Waals surface area contributed by atoms with Gasteiger partial charge in [0.1, 0.15) is 11.8 Å². The van der Waals surface area contributed by atoms with Gasteiger partial charge >= 0.3 is 0 Å². The van der Waals surface area contributed by atoms with Crippen LogP contribution >= 0.6 is 39.1 Å². The van der Waals surface area contributed by atoms with E-state index >= 15 is 0 Å². The molecule has 162 valence electrons. The molecule has 2 amide bonds. The Morgan fingerprint density at radius 1 is 1.10 bits per heavy atom. The van der Waals surface area contributed by atoms with Crippen molar-refractivity contribution in [3.63, 3.8) is 0 Å². The number of rotatable bonds is 9. The molecule has 2 aromatic rings. The summed E-state index contributed by atoms with van der Waals surface area (Å²) in [5, 5.41) is 3.78. The van der Waals surface area contributed by atoms with E-state index in [4.69, 9.17) is 27.9 Å². The summed E-state index contributed by atoms with van der Waals surface area (Å²) < 4.78 is 6.53. The fourth-order valence-electron chi connectivity index (χ4n) is 2.66. The Kier molecular flexibility index (Phi) is 9.46. The molecular formula is C22H25BrCl2N2O3. The molecule has 8 heteroatoms. The molecule has 1 N–H and O–H groups in total. The minimum atomic E-state index is -0.729. The van der Waals surface area contributed by atoms with E-state index in [0.717, 1.165) is 10.9 Å². The number of ether oxygens (including phenoxy) is 1. The lowest BCUT2D eigenvalue weighted by Gasteiger charge is -2.30. The SMILES string of the molecule is CC[C@@H](C)NC(=O)[C@@H](C)N(Cc1c(Cl)cccc1Cl)C(=O)COc1ccc(Br)cc1. The van der Waals surface area contributed by atoms with Gasteiger partial charge in [0.25, 0.3) is 5.91 Å². The van der Waals surface area contributed by atoms with Crippen LogP contribution < -0.4 is 10.1 Å². The highest BCUT2D eigenvalue weighted by molar-refractivity contribution is 9.10. The summed E-state index contributed by atoms with van der Waals surface area (Å²) in [6.07, 6.45) is 0.787. The second-order valence-electron chi connectivity index (χ2n) is 6.96. The summed E-state index contributed by atoms with van der Waals surface area (Å²) in [5.74, 6) is -0.0378. The molecule has 30 heavy (non-hydrogen) atoms. The van der Waals surface area contributed by atoms with Gasteiger partial charge in [-0.15, -0.1) is 0 Å². The lowest BCUT2D eigenvalue weighted by molar-refractivity contribution is -0.142. The first-order valence-electron chi connectivity index (χ1n) is 9.64. The highest BCUT2D eigenvalue weighted by Crippen LogP contribution is 2.26. The van der Waals surface area contributed by atoms with Crippen molar-refractivity contribution in [2.24, 2.45) is 0 Å². The third kappa shape index (κ3) is 6.89. The first-order chi connectivity index (χ1) is 14.2. The van der Waals surface area contributed by atoms with E-state index in [2.05, 4.69) is 21.2 Å². The molecule has 0 radical (unpaired) electrons. The van der Waals surface area contributed by atoms with E-state index < -0.39 is 6.04 Å². The highest BCUT2D eigenvalue weighted by Gasteiger charge is 2.28. The van der Waals surface area contributed by atoms with Gasteiger partial charge in [-0.25, -0.2) is 0 Å². The Morgan fingerprint density at radius 2 is 1.70 bits per heavy atom. The van der Waals surface area contributed by atoms with Crippen molar-refractivity contribution in [1.29, 1.82) is 0 Å². The van der Waals surface area contributed by atoms with Crippen LogP contribution in [0.4, 0.5) is 0 Å². The van der Waals surface area contributed by atoms with Crippen LogP contribution in [0.3, 0.4) is 0 Å². The number of nitrogens with one attached hydrogen (secondary N) is 1. The first-order valence-corrected chi connectivity index (χ1v) is 11.2. The van der Waals surface area contributed by atoms with Gasteiger partial charge in [0.05, 0.1) is 0 Å². The fourth-order valence-corrected chi connectivity index (χ4v) is 3.44. The van der Waals surface area contributed by atoms with E-state index in [0.29, 0.717) is 21.4 Å². The second-order valence-corrected chi connectivity index (χ2v) is 8.69. The molecule has 0 aliphatic rings. The molecule has 0 bridgehead atoms. The largest absolute Gasteiger partial charge is 0.484 e. The van der Waals surface area contributed by atoms with E-state index in [1.54, 1.807) is 37.3 Å². The third-order valence-corrected chi connectivity index (χ3v) is 5.97. The summed E-state index contributed by atoms with van der Waals surface area (Å²) in [4.78, 5) is 27.2. The number of benzene rings is 2. The van der Waals surface area contributed by atoms with Crippen LogP contribution in [-0.2, 0) is 16.1 Å². The molecule has 0 saturated carbocycles. The van der Waals surface area contributed by atoms with Crippen LogP contribution in [0.5, 0.6) is 5.75 Å². The molecule has 5 nitrogen and oxygen atoms in total. The number of carbonyl (C=O) groups excluding carboxylic acids is 2. The summed E-state index contributed by atoms with van der Waals surface area (Å²) in [7, 11) is 0. The number of hydrogen-bond donors (Lipinski definition) is 1. The van der Waals surface area contributed by atoms with E-state index in [9.17, 15) is 9.59 Å². The van der Waals surface area contributed by atoms with Crippen LogP contribution in [0.2, 0.25) is 10.0 Å². The zero-order valence-corrected chi connectivity index (χ0v) is 20.2. The van der Waals surface area contributed by atoms with Gasteiger partial charge in [0.15, 0.2) is 6.61 Å². The van der Waals surface area contributed by atoms with Gasteiger partial charge in [-0.05, 0) is 56.7 Å². The van der Waals surface area contributed by atoms with E-state index in [1.807, 2.05) is 26.0 Å². The molecule has 0 saturated heterocycles. The van der Waals surface area contributed by atoms with Gasteiger partial charge in [0.2, 0.25) is 5.91 Å². The van der Waals surface area contributed by atoms with Crippen molar-refractivity contribution in [3.8, 4) is 5.75 Å². The third-order valence-electron chi connectivity index (χ3n) is 4.73. The highest BCUT2D eigenvalue weighted by atomic mass is 79.9. The smallest absolute Gasteiger partial charge is 0.261 e. The fraction of sp³-hybridized carbons (Fsp3) is 0.364. The Balaban J connectivity index is 2.21.